The van der Waals surface area contributed by atoms with E-state index in [2.05, 4.69) is 16.0 Å². The van der Waals surface area contributed by atoms with Crippen LogP contribution in [0.5, 0.6) is 0 Å². The lowest BCUT2D eigenvalue weighted by Crippen LogP contribution is -1.82. The fraction of sp³-hybridized carbons (Fsp3) is 0.182. The SMILES string of the molecule is Cc1cc(-c2sc(C#N)nc2C)ccn1. The van der Waals surface area contributed by atoms with Gasteiger partial charge in [0.2, 0.25) is 0 Å². The molecule has 3 nitrogen and oxygen atoms in total. The Kier molecular flexibility index (Phi) is 2.48. The maximum Gasteiger partial charge on any atom is 0.195 e. The molecule has 0 bridgehead atoms. The summed E-state index contributed by atoms with van der Waals surface area (Å²) in [4.78, 5) is 9.37. The molecule has 0 N–H and O–H groups in total. The Morgan fingerprint density at radius 2 is 2.20 bits per heavy atom. The van der Waals surface area contributed by atoms with E-state index in [0.717, 1.165) is 21.8 Å². The predicted molar refractivity (Wildman–Crippen MR) is 59.5 cm³/mol. The molecule has 74 valence electrons. The molecular weight excluding hydrogens is 206 g/mol. The second-order valence-electron chi connectivity index (χ2n) is 3.23. The molecule has 2 aromatic heterocycles. The summed E-state index contributed by atoms with van der Waals surface area (Å²) in [5.41, 5.74) is 2.96. The van der Waals surface area contributed by atoms with Crippen LogP contribution in [0.4, 0.5) is 0 Å². The molecule has 2 rings (SSSR count). The number of nitrogens with zero attached hydrogens (tertiary/aromatic N) is 3. The molecule has 0 spiro atoms. The van der Waals surface area contributed by atoms with Gasteiger partial charge in [-0.05, 0) is 31.5 Å². The predicted octanol–water partition coefficient (Wildman–Crippen LogP) is 2.69. The molecule has 0 aliphatic rings. The van der Waals surface area contributed by atoms with Crippen LogP contribution in [0.2, 0.25) is 0 Å². The van der Waals surface area contributed by atoms with Gasteiger partial charge in [-0.2, -0.15) is 5.26 Å². The van der Waals surface area contributed by atoms with Crippen LogP contribution in [0.3, 0.4) is 0 Å². The highest BCUT2D eigenvalue weighted by Gasteiger charge is 2.09. The molecular formula is C11H9N3S. The van der Waals surface area contributed by atoms with Crippen LogP contribution < -0.4 is 0 Å². The average molecular weight is 215 g/mol. The third kappa shape index (κ3) is 1.88. The van der Waals surface area contributed by atoms with Crippen molar-refractivity contribution in [2.45, 2.75) is 13.8 Å². The maximum atomic E-state index is 8.76. The van der Waals surface area contributed by atoms with E-state index in [1.54, 1.807) is 6.20 Å². The minimum atomic E-state index is 0.511. The van der Waals surface area contributed by atoms with Crippen LogP contribution in [-0.4, -0.2) is 9.97 Å². The van der Waals surface area contributed by atoms with Gasteiger partial charge in [-0.3, -0.25) is 4.98 Å². The number of aromatic nitrogens is 2. The number of pyridine rings is 1. The maximum absolute atomic E-state index is 8.76. The third-order valence-corrected chi connectivity index (χ3v) is 3.16. The molecule has 15 heavy (non-hydrogen) atoms. The minimum Gasteiger partial charge on any atom is -0.262 e. The van der Waals surface area contributed by atoms with Gasteiger partial charge in [0.1, 0.15) is 6.07 Å². The summed E-state index contributed by atoms with van der Waals surface area (Å²) in [6.07, 6.45) is 1.77. The summed E-state index contributed by atoms with van der Waals surface area (Å²) < 4.78 is 0. The number of rotatable bonds is 1. The standard InChI is InChI=1S/C11H9N3S/c1-7-5-9(3-4-13-7)11-8(2)14-10(6-12)15-11/h3-5H,1-2H3. The highest BCUT2D eigenvalue weighted by Crippen LogP contribution is 2.29. The van der Waals surface area contributed by atoms with Gasteiger partial charge in [0.05, 0.1) is 10.6 Å². The van der Waals surface area contributed by atoms with Crippen LogP contribution >= 0.6 is 11.3 Å². The molecule has 0 saturated carbocycles. The number of nitriles is 1. The molecule has 0 saturated heterocycles. The van der Waals surface area contributed by atoms with Crippen LogP contribution in [0, 0.1) is 25.2 Å². The van der Waals surface area contributed by atoms with E-state index in [1.807, 2.05) is 26.0 Å². The molecule has 0 unspecified atom stereocenters. The van der Waals surface area contributed by atoms with Gasteiger partial charge < -0.3 is 0 Å². The minimum absolute atomic E-state index is 0.511. The zero-order chi connectivity index (χ0) is 10.8. The summed E-state index contributed by atoms with van der Waals surface area (Å²) in [5, 5.41) is 9.27. The zero-order valence-corrected chi connectivity index (χ0v) is 9.30. The van der Waals surface area contributed by atoms with Crippen molar-refractivity contribution in [2.24, 2.45) is 0 Å². The Balaban J connectivity index is 2.54. The Labute approximate surface area is 92.1 Å². The molecule has 4 heteroatoms. The first-order valence-corrected chi connectivity index (χ1v) is 5.33. The molecule has 2 heterocycles. The zero-order valence-electron chi connectivity index (χ0n) is 8.48. The van der Waals surface area contributed by atoms with Crippen molar-refractivity contribution < 1.29 is 0 Å². The van der Waals surface area contributed by atoms with Gasteiger partial charge in [-0.25, -0.2) is 4.98 Å². The van der Waals surface area contributed by atoms with Crippen LogP contribution in [0.25, 0.3) is 10.4 Å². The van der Waals surface area contributed by atoms with Gasteiger partial charge in [0.15, 0.2) is 5.01 Å². The third-order valence-electron chi connectivity index (χ3n) is 2.05. The molecule has 0 aromatic carbocycles. The second-order valence-corrected chi connectivity index (χ2v) is 4.23. The van der Waals surface area contributed by atoms with E-state index in [-0.39, 0.29) is 0 Å². The van der Waals surface area contributed by atoms with E-state index >= 15 is 0 Å². The first-order chi connectivity index (χ1) is 7.20. The molecule has 2 aromatic rings. The van der Waals surface area contributed by atoms with E-state index in [9.17, 15) is 0 Å². The van der Waals surface area contributed by atoms with Crippen molar-refractivity contribution >= 4 is 11.3 Å². The first-order valence-electron chi connectivity index (χ1n) is 4.51. The highest BCUT2D eigenvalue weighted by molar-refractivity contribution is 7.15. The fourth-order valence-electron chi connectivity index (χ4n) is 1.40. The van der Waals surface area contributed by atoms with Gasteiger partial charge >= 0.3 is 0 Å². The van der Waals surface area contributed by atoms with Gasteiger partial charge in [0.25, 0.3) is 0 Å². The van der Waals surface area contributed by atoms with Crippen LogP contribution in [-0.2, 0) is 0 Å². The van der Waals surface area contributed by atoms with Gasteiger partial charge in [-0.15, -0.1) is 11.3 Å². The van der Waals surface area contributed by atoms with Crippen LogP contribution in [0.15, 0.2) is 18.3 Å². The summed E-state index contributed by atoms with van der Waals surface area (Å²) in [5.74, 6) is 0. The molecule has 0 amide bonds. The summed E-state index contributed by atoms with van der Waals surface area (Å²) >= 11 is 1.42. The lowest BCUT2D eigenvalue weighted by atomic mass is 10.2. The number of hydrogen-bond acceptors (Lipinski definition) is 4. The first kappa shape index (κ1) is 9.81. The van der Waals surface area contributed by atoms with Crippen molar-refractivity contribution in [3.05, 3.63) is 34.7 Å². The van der Waals surface area contributed by atoms with E-state index in [1.165, 1.54) is 11.3 Å². The molecule has 0 fully saturated rings. The number of aryl methyl sites for hydroxylation is 2. The largest absolute Gasteiger partial charge is 0.262 e. The highest BCUT2D eigenvalue weighted by atomic mass is 32.1. The Bertz CT molecular complexity index is 537. The van der Waals surface area contributed by atoms with Crippen molar-refractivity contribution in [3.8, 4) is 16.5 Å². The van der Waals surface area contributed by atoms with Crippen molar-refractivity contribution in [1.82, 2.24) is 9.97 Å². The Hall–Kier alpha value is -1.73. The summed E-state index contributed by atoms with van der Waals surface area (Å²) in [6, 6.07) is 6.01. The summed E-state index contributed by atoms with van der Waals surface area (Å²) in [6.45, 7) is 3.87. The van der Waals surface area contributed by atoms with Crippen molar-refractivity contribution in [1.29, 1.82) is 5.26 Å². The lowest BCUT2D eigenvalue weighted by Gasteiger charge is -1.98. The molecule has 0 aliphatic heterocycles. The number of hydrogen-bond donors (Lipinski definition) is 0. The fourth-order valence-corrected chi connectivity index (χ4v) is 2.26. The van der Waals surface area contributed by atoms with Gasteiger partial charge in [0, 0.05) is 11.9 Å². The monoisotopic (exact) mass is 215 g/mol. The van der Waals surface area contributed by atoms with Crippen molar-refractivity contribution in [3.63, 3.8) is 0 Å². The topological polar surface area (TPSA) is 49.6 Å². The second kappa shape index (κ2) is 3.79. The Morgan fingerprint density at radius 3 is 2.80 bits per heavy atom. The Morgan fingerprint density at radius 1 is 1.40 bits per heavy atom. The number of thiazole rings is 1. The molecule has 0 atom stereocenters. The summed E-state index contributed by atoms with van der Waals surface area (Å²) in [7, 11) is 0. The van der Waals surface area contributed by atoms with E-state index in [4.69, 9.17) is 5.26 Å². The van der Waals surface area contributed by atoms with E-state index in [0.29, 0.717) is 5.01 Å². The van der Waals surface area contributed by atoms with Gasteiger partial charge in [-0.1, -0.05) is 0 Å². The van der Waals surface area contributed by atoms with Crippen LogP contribution in [0.1, 0.15) is 16.4 Å². The quantitative estimate of drug-likeness (QED) is 0.734. The normalized spacial score (nSPS) is 9.93. The lowest BCUT2D eigenvalue weighted by molar-refractivity contribution is 1.20. The van der Waals surface area contributed by atoms with E-state index < -0.39 is 0 Å². The molecule has 0 radical (unpaired) electrons. The average Bonchev–Trinajstić information content (AvgIpc) is 2.60. The molecule has 0 aliphatic carbocycles. The smallest absolute Gasteiger partial charge is 0.195 e. The van der Waals surface area contributed by atoms with Crippen molar-refractivity contribution in [2.75, 3.05) is 0 Å².